The zero-order valence-electron chi connectivity index (χ0n) is 20.0. The molecule has 1 fully saturated rings. The van der Waals surface area contributed by atoms with Crippen molar-refractivity contribution in [3.63, 3.8) is 0 Å². The summed E-state index contributed by atoms with van der Waals surface area (Å²) in [7, 11) is 0. The smallest absolute Gasteiger partial charge is 0.251 e. The molecular weight excluding hydrogens is 432 g/mol. The maximum absolute atomic E-state index is 12.8. The molecule has 3 N–H and O–H groups in total. The van der Waals surface area contributed by atoms with E-state index in [4.69, 9.17) is 5.73 Å². The van der Waals surface area contributed by atoms with Gasteiger partial charge in [-0.25, -0.2) is 19.6 Å². The summed E-state index contributed by atoms with van der Waals surface area (Å²) in [5, 5.41) is 7.47. The summed E-state index contributed by atoms with van der Waals surface area (Å²) in [5.41, 5.74) is 10.2. The van der Waals surface area contributed by atoms with Gasteiger partial charge in [0.1, 0.15) is 5.82 Å². The van der Waals surface area contributed by atoms with Crippen LogP contribution < -0.4 is 16.0 Å². The topological polar surface area (TPSA) is 132 Å². The Kier molecular flexibility index (Phi) is 6.58. The van der Waals surface area contributed by atoms with Crippen LogP contribution in [0.2, 0.25) is 0 Å². The van der Waals surface area contributed by atoms with E-state index in [1.165, 1.54) is 0 Å². The third-order valence-corrected chi connectivity index (χ3v) is 6.12. The number of nitrogens with two attached hydrogens (primary N) is 1. The molecule has 0 saturated carbocycles. The number of hydrogen-bond donors (Lipinski definition) is 2. The molecule has 1 unspecified atom stereocenters. The SMILES string of the molecule is Cc1cc(C)nc(-n2nc(C)c(CC(=O)Nc3ccc(N4CCCC(C(N)=O)C4)nc3)c2C)n1. The molecule has 3 aromatic rings. The number of hydrogen-bond acceptors (Lipinski definition) is 7. The van der Waals surface area contributed by atoms with Gasteiger partial charge < -0.3 is 16.0 Å². The Balaban J connectivity index is 1.43. The van der Waals surface area contributed by atoms with E-state index in [0.717, 1.165) is 53.5 Å². The fourth-order valence-electron chi connectivity index (χ4n) is 4.36. The average Bonchev–Trinajstić information content (AvgIpc) is 3.07. The molecule has 178 valence electrons. The normalized spacial score (nSPS) is 15.9. The fourth-order valence-corrected chi connectivity index (χ4v) is 4.36. The molecule has 0 aromatic carbocycles. The zero-order valence-corrected chi connectivity index (χ0v) is 20.0. The molecule has 10 heteroatoms. The summed E-state index contributed by atoms with van der Waals surface area (Å²) in [5.74, 6) is 0.683. The lowest BCUT2D eigenvalue weighted by molar-refractivity contribution is -0.122. The molecule has 1 aliphatic rings. The van der Waals surface area contributed by atoms with Crippen molar-refractivity contribution in [2.75, 3.05) is 23.3 Å². The van der Waals surface area contributed by atoms with Crippen molar-refractivity contribution in [1.29, 1.82) is 0 Å². The summed E-state index contributed by atoms with van der Waals surface area (Å²) in [6, 6.07) is 5.58. The lowest BCUT2D eigenvalue weighted by atomic mass is 9.97. The van der Waals surface area contributed by atoms with E-state index in [2.05, 4.69) is 30.3 Å². The predicted molar refractivity (Wildman–Crippen MR) is 129 cm³/mol. The Hall–Kier alpha value is -3.82. The maximum Gasteiger partial charge on any atom is 0.251 e. The number of carbonyl (C=O) groups is 2. The first-order chi connectivity index (χ1) is 16.2. The molecule has 3 aromatic heterocycles. The van der Waals surface area contributed by atoms with Crippen LogP contribution in [-0.4, -0.2) is 49.6 Å². The van der Waals surface area contributed by atoms with Gasteiger partial charge in [0.2, 0.25) is 11.8 Å². The van der Waals surface area contributed by atoms with E-state index in [1.807, 2.05) is 45.9 Å². The van der Waals surface area contributed by atoms with Gasteiger partial charge in [-0.05, 0) is 58.7 Å². The number of nitrogens with one attached hydrogen (secondary N) is 1. The first kappa shape index (κ1) is 23.3. The predicted octanol–water partition coefficient (Wildman–Crippen LogP) is 2.17. The van der Waals surface area contributed by atoms with Crippen LogP contribution in [0.5, 0.6) is 0 Å². The van der Waals surface area contributed by atoms with Gasteiger partial charge in [-0.2, -0.15) is 5.10 Å². The van der Waals surface area contributed by atoms with Crippen molar-refractivity contribution >= 4 is 23.3 Å². The van der Waals surface area contributed by atoms with Gasteiger partial charge in [0.05, 0.1) is 29.9 Å². The van der Waals surface area contributed by atoms with Crippen molar-refractivity contribution in [3.05, 3.63) is 52.7 Å². The minimum Gasteiger partial charge on any atom is -0.369 e. The highest BCUT2D eigenvalue weighted by Crippen LogP contribution is 2.23. The Morgan fingerprint density at radius 2 is 1.88 bits per heavy atom. The van der Waals surface area contributed by atoms with Gasteiger partial charge in [0.15, 0.2) is 0 Å². The third kappa shape index (κ3) is 5.05. The second kappa shape index (κ2) is 9.58. The van der Waals surface area contributed by atoms with Crippen LogP contribution in [0, 0.1) is 33.6 Å². The number of carbonyl (C=O) groups excluding carboxylic acids is 2. The number of amides is 2. The van der Waals surface area contributed by atoms with Crippen LogP contribution in [0.3, 0.4) is 0 Å². The first-order valence-corrected chi connectivity index (χ1v) is 11.4. The first-order valence-electron chi connectivity index (χ1n) is 11.4. The Morgan fingerprint density at radius 3 is 2.53 bits per heavy atom. The lowest BCUT2D eigenvalue weighted by Crippen LogP contribution is -2.41. The molecule has 4 rings (SSSR count). The molecule has 1 atom stereocenters. The third-order valence-electron chi connectivity index (χ3n) is 6.12. The van der Waals surface area contributed by atoms with Crippen LogP contribution in [0.4, 0.5) is 11.5 Å². The van der Waals surface area contributed by atoms with Gasteiger partial charge in [-0.1, -0.05) is 0 Å². The van der Waals surface area contributed by atoms with E-state index in [1.54, 1.807) is 10.9 Å². The Labute approximate surface area is 198 Å². The summed E-state index contributed by atoms with van der Waals surface area (Å²) < 4.78 is 1.69. The van der Waals surface area contributed by atoms with Crippen molar-refractivity contribution in [2.24, 2.45) is 11.7 Å². The number of piperidine rings is 1. The van der Waals surface area contributed by atoms with Crippen molar-refractivity contribution < 1.29 is 9.59 Å². The van der Waals surface area contributed by atoms with Gasteiger partial charge in [-0.15, -0.1) is 0 Å². The minimum atomic E-state index is -0.272. The largest absolute Gasteiger partial charge is 0.369 e. The second-order valence-electron chi connectivity index (χ2n) is 8.83. The second-order valence-corrected chi connectivity index (χ2v) is 8.83. The quantitative estimate of drug-likeness (QED) is 0.574. The number of anilines is 2. The molecule has 2 amide bonds. The minimum absolute atomic E-state index is 0.156. The molecule has 10 nitrogen and oxygen atoms in total. The molecule has 0 aliphatic carbocycles. The standard InChI is InChI=1S/C24H30N8O2/c1-14-10-15(2)28-24(27-14)32-17(4)20(16(3)30-32)11-22(33)29-19-7-8-21(26-12-19)31-9-5-6-18(13-31)23(25)34/h7-8,10,12,18H,5-6,9,11,13H2,1-4H3,(H2,25,34)(H,29,33). The fraction of sp³-hybridized carbons (Fsp3) is 0.417. The summed E-state index contributed by atoms with van der Waals surface area (Å²) in [6.45, 7) is 9.02. The van der Waals surface area contributed by atoms with E-state index in [-0.39, 0.29) is 24.2 Å². The molecule has 34 heavy (non-hydrogen) atoms. The molecule has 1 aliphatic heterocycles. The van der Waals surface area contributed by atoms with Crippen LogP contribution in [0.15, 0.2) is 24.4 Å². The van der Waals surface area contributed by atoms with Crippen molar-refractivity contribution in [1.82, 2.24) is 24.7 Å². The van der Waals surface area contributed by atoms with Crippen LogP contribution in [0.1, 0.15) is 41.2 Å². The van der Waals surface area contributed by atoms with Crippen LogP contribution in [-0.2, 0) is 16.0 Å². The Bertz CT molecular complexity index is 1200. The number of pyridine rings is 1. The monoisotopic (exact) mass is 462 g/mol. The number of rotatable bonds is 6. The highest BCUT2D eigenvalue weighted by molar-refractivity contribution is 5.92. The lowest BCUT2D eigenvalue weighted by Gasteiger charge is -2.32. The zero-order chi connectivity index (χ0) is 24.4. The van der Waals surface area contributed by atoms with Gasteiger partial charge in [0.25, 0.3) is 5.95 Å². The van der Waals surface area contributed by atoms with Crippen molar-refractivity contribution in [2.45, 2.75) is 47.0 Å². The van der Waals surface area contributed by atoms with Gasteiger partial charge in [-0.3, -0.25) is 9.59 Å². The molecule has 1 saturated heterocycles. The Morgan fingerprint density at radius 1 is 1.15 bits per heavy atom. The average molecular weight is 463 g/mol. The summed E-state index contributed by atoms with van der Waals surface area (Å²) in [4.78, 5) is 39.8. The van der Waals surface area contributed by atoms with E-state index < -0.39 is 0 Å². The number of aryl methyl sites for hydroxylation is 3. The molecule has 0 radical (unpaired) electrons. The van der Waals surface area contributed by atoms with Crippen molar-refractivity contribution in [3.8, 4) is 5.95 Å². The number of aromatic nitrogens is 5. The van der Waals surface area contributed by atoms with Crippen LogP contribution >= 0.6 is 0 Å². The van der Waals surface area contributed by atoms with E-state index in [0.29, 0.717) is 18.2 Å². The molecule has 0 spiro atoms. The highest BCUT2D eigenvalue weighted by Gasteiger charge is 2.25. The van der Waals surface area contributed by atoms with Crippen LogP contribution in [0.25, 0.3) is 5.95 Å². The van der Waals surface area contributed by atoms with Gasteiger partial charge in [0, 0.05) is 35.7 Å². The van der Waals surface area contributed by atoms with E-state index >= 15 is 0 Å². The highest BCUT2D eigenvalue weighted by atomic mass is 16.2. The van der Waals surface area contributed by atoms with E-state index in [9.17, 15) is 9.59 Å². The number of primary amides is 1. The number of nitrogens with zero attached hydrogens (tertiary/aromatic N) is 6. The summed E-state index contributed by atoms with van der Waals surface area (Å²) in [6.07, 6.45) is 3.52. The molecule has 4 heterocycles. The summed E-state index contributed by atoms with van der Waals surface area (Å²) >= 11 is 0. The molecule has 0 bridgehead atoms. The molecular formula is C24H30N8O2. The van der Waals surface area contributed by atoms with Gasteiger partial charge >= 0.3 is 0 Å². The maximum atomic E-state index is 12.8.